The fourth-order valence-corrected chi connectivity index (χ4v) is 9.61. The quantitative estimate of drug-likeness (QED) is 0.183. The summed E-state index contributed by atoms with van der Waals surface area (Å²) in [5.74, 6) is 0.570. The Labute approximate surface area is 347 Å². The third-order valence-corrected chi connectivity index (χ3v) is 12.6. The highest BCUT2D eigenvalue weighted by atomic mass is 16.3. The number of furan rings is 1. The van der Waals surface area contributed by atoms with Crippen molar-refractivity contribution in [3.05, 3.63) is 188 Å². The first-order chi connectivity index (χ1) is 29.6. The summed E-state index contributed by atoms with van der Waals surface area (Å²) < 4.78 is 11.3. The van der Waals surface area contributed by atoms with Crippen LogP contribution in [0.25, 0.3) is 105 Å². The third-order valence-electron chi connectivity index (χ3n) is 12.6. The summed E-state index contributed by atoms with van der Waals surface area (Å²) in [5, 5.41) is 11.0. The Morgan fingerprint density at radius 2 is 1.22 bits per heavy atom. The van der Waals surface area contributed by atoms with E-state index in [4.69, 9.17) is 4.42 Å². The van der Waals surface area contributed by atoms with Crippen LogP contribution in [0.4, 0.5) is 11.4 Å². The molecule has 11 aromatic rings. The Hall–Kier alpha value is -7.56. The molecule has 0 saturated carbocycles. The van der Waals surface area contributed by atoms with Gasteiger partial charge in [-0.05, 0) is 119 Å². The smallest absolute Gasteiger partial charge is 0.145 e. The predicted octanol–water partition coefficient (Wildman–Crippen LogP) is 15.5. The minimum Gasteiger partial charge on any atom is -0.455 e. The normalized spacial score (nSPS) is 14.3. The Balaban J connectivity index is 0.876. The van der Waals surface area contributed by atoms with Crippen molar-refractivity contribution in [1.82, 2.24) is 9.13 Å². The highest BCUT2D eigenvalue weighted by Crippen LogP contribution is 2.42. The molecule has 3 aromatic heterocycles. The van der Waals surface area contributed by atoms with Gasteiger partial charge in [0.1, 0.15) is 11.2 Å². The van der Waals surface area contributed by atoms with Gasteiger partial charge in [0.2, 0.25) is 0 Å². The molecule has 1 aliphatic rings. The maximum atomic E-state index is 6.60. The van der Waals surface area contributed by atoms with Crippen LogP contribution in [0.3, 0.4) is 0 Å². The molecular weight excluding hydrogens is 731 g/mol. The summed E-state index contributed by atoms with van der Waals surface area (Å²) >= 11 is 0. The first-order valence-electron chi connectivity index (χ1n) is 20.9. The van der Waals surface area contributed by atoms with E-state index in [9.17, 15) is 0 Å². The zero-order valence-corrected chi connectivity index (χ0v) is 33.5. The number of anilines is 2. The number of aromatic nitrogens is 2. The predicted molar refractivity (Wildman–Crippen MR) is 254 cm³/mol. The lowest BCUT2D eigenvalue weighted by Gasteiger charge is -2.15. The molecule has 0 radical (unpaired) electrons. The molecule has 60 heavy (non-hydrogen) atoms. The van der Waals surface area contributed by atoms with Crippen molar-refractivity contribution in [1.29, 1.82) is 0 Å². The molecule has 12 rings (SSSR count). The zero-order valence-electron chi connectivity index (χ0n) is 33.5. The summed E-state index contributed by atoms with van der Waals surface area (Å²) in [4.78, 5) is 0. The van der Waals surface area contributed by atoms with E-state index in [1.54, 1.807) is 0 Å². The number of benzene rings is 8. The largest absolute Gasteiger partial charge is 0.455 e. The van der Waals surface area contributed by atoms with Gasteiger partial charge in [0.05, 0.1) is 21.9 Å². The number of aryl methyl sites for hydroxylation is 1. The molecule has 1 unspecified atom stereocenters. The Morgan fingerprint density at radius 3 is 2.08 bits per heavy atom. The summed E-state index contributed by atoms with van der Waals surface area (Å²) in [6, 6.07) is 61.5. The molecule has 0 saturated heterocycles. The molecule has 4 nitrogen and oxygen atoms in total. The van der Waals surface area contributed by atoms with Crippen LogP contribution in [0.1, 0.15) is 13.3 Å². The number of rotatable bonds is 6. The lowest BCUT2D eigenvalue weighted by molar-refractivity contribution is 0.673. The van der Waals surface area contributed by atoms with Crippen LogP contribution in [-0.4, -0.2) is 9.13 Å². The molecule has 1 N–H and O–H groups in total. The Bertz CT molecular complexity index is 3590. The number of para-hydroxylation sites is 3. The second-order valence-corrected chi connectivity index (χ2v) is 16.3. The topological polar surface area (TPSA) is 35.0 Å². The van der Waals surface area contributed by atoms with E-state index in [-0.39, 0.29) is 0 Å². The lowest BCUT2D eigenvalue weighted by Crippen LogP contribution is -2.00. The van der Waals surface area contributed by atoms with Gasteiger partial charge in [-0.15, -0.1) is 0 Å². The molecule has 0 amide bonds. The second kappa shape index (κ2) is 13.5. The number of hydrogen-bond donors (Lipinski definition) is 1. The highest BCUT2D eigenvalue weighted by molar-refractivity contribution is 6.23. The number of nitrogens with zero attached hydrogens (tertiary/aromatic N) is 2. The van der Waals surface area contributed by atoms with Crippen molar-refractivity contribution in [2.24, 2.45) is 13.0 Å². The Kier molecular flexibility index (Phi) is 7.76. The fourth-order valence-electron chi connectivity index (χ4n) is 9.61. The van der Waals surface area contributed by atoms with Gasteiger partial charge in [-0.3, -0.25) is 0 Å². The molecule has 286 valence electrons. The average molecular weight is 772 g/mol. The minimum atomic E-state index is 0.570. The second-order valence-electron chi connectivity index (χ2n) is 16.3. The van der Waals surface area contributed by atoms with Crippen molar-refractivity contribution in [3.63, 3.8) is 0 Å². The molecular formula is C56H41N3O. The van der Waals surface area contributed by atoms with Gasteiger partial charge in [-0.25, -0.2) is 0 Å². The zero-order chi connectivity index (χ0) is 39.9. The van der Waals surface area contributed by atoms with Gasteiger partial charge in [0.15, 0.2) is 0 Å². The maximum Gasteiger partial charge on any atom is 0.145 e. The summed E-state index contributed by atoms with van der Waals surface area (Å²) in [6.45, 7) is 2.27. The van der Waals surface area contributed by atoms with Gasteiger partial charge < -0.3 is 18.9 Å². The van der Waals surface area contributed by atoms with E-state index in [0.717, 1.165) is 56.4 Å². The Morgan fingerprint density at radius 1 is 0.533 bits per heavy atom. The molecule has 3 heterocycles. The minimum absolute atomic E-state index is 0.570. The first kappa shape index (κ1) is 34.5. The molecule has 1 aliphatic carbocycles. The van der Waals surface area contributed by atoms with Crippen LogP contribution >= 0.6 is 0 Å². The lowest BCUT2D eigenvalue weighted by atomic mass is 9.97. The van der Waals surface area contributed by atoms with Crippen LogP contribution in [0.2, 0.25) is 0 Å². The van der Waals surface area contributed by atoms with Gasteiger partial charge in [0.25, 0.3) is 0 Å². The molecule has 8 aromatic carbocycles. The van der Waals surface area contributed by atoms with Gasteiger partial charge in [0, 0.05) is 62.1 Å². The van der Waals surface area contributed by atoms with Crippen molar-refractivity contribution in [2.75, 3.05) is 5.32 Å². The van der Waals surface area contributed by atoms with Gasteiger partial charge in [-0.2, -0.15) is 0 Å². The van der Waals surface area contributed by atoms with Crippen LogP contribution in [0.5, 0.6) is 0 Å². The average Bonchev–Trinajstić information content (AvgIpc) is 3.94. The molecule has 1 atom stereocenters. The van der Waals surface area contributed by atoms with E-state index < -0.39 is 0 Å². The monoisotopic (exact) mass is 771 g/mol. The number of hydrogen-bond acceptors (Lipinski definition) is 2. The first-order valence-corrected chi connectivity index (χ1v) is 20.9. The molecule has 0 aliphatic heterocycles. The highest BCUT2D eigenvalue weighted by Gasteiger charge is 2.18. The third kappa shape index (κ3) is 5.45. The summed E-state index contributed by atoms with van der Waals surface area (Å²) in [7, 11) is 2.13. The van der Waals surface area contributed by atoms with E-state index in [2.05, 4.69) is 217 Å². The number of nitrogens with one attached hydrogen (secondary N) is 1. The van der Waals surface area contributed by atoms with Crippen LogP contribution in [-0.2, 0) is 7.05 Å². The van der Waals surface area contributed by atoms with Crippen LogP contribution < -0.4 is 5.32 Å². The van der Waals surface area contributed by atoms with Crippen molar-refractivity contribution in [2.45, 2.75) is 13.3 Å². The van der Waals surface area contributed by atoms with Crippen LogP contribution in [0, 0.1) is 5.92 Å². The van der Waals surface area contributed by atoms with E-state index in [0.29, 0.717) is 5.92 Å². The number of allylic oxidation sites excluding steroid dienone is 4. The van der Waals surface area contributed by atoms with Gasteiger partial charge in [-0.1, -0.05) is 116 Å². The van der Waals surface area contributed by atoms with Crippen molar-refractivity contribution < 1.29 is 4.42 Å². The molecule has 0 bridgehead atoms. The molecule has 0 fully saturated rings. The standard InChI is InChI=1S/C56H41N3O/c1-35-21-25-42(26-22-35)59-51-20-8-4-16-44(51)47-33-38(23-28-52(47)59)36-11-9-13-40(31-36)43-15-3-6-18-49(43)57-41-14-10-12-37(32-41)39-24-30-54-48(34-39)45-27-29-53-55(56(45)60-54)46-17-5-7-19-50(46)58(53)2/h3-21,23-35,57H,22H2,1-2H3. The maximum absolute atomic E-state index is 6.60. The van der Waals surface area contributed by atoms with E-state index in [1.807, 2.05) is 0 Å². The van der Waals surface area contributed by atoms with Crippen LogP contribution in [0.15, 0.2) is 193 Å². The van der Waals surface area contributed by atoms with E-state index in [1.165, 1.54) is 66.0 Å². The molecule has 4 heteroatoms. The fraction of sp³-hybridized carbons (Fsp3) is 0.0714. The molecule has 0 spiro atoms. The van der Waals surface area contributed by atoms with Gasteiger partial charge >= 0.3 is 0 Å². The van der Waals surface area contributed by atoms with Crippen molar-refractivity contribution in [3.8, 4) is 33.4 Å². The SMILES string of the molecule is CC1C=CC(n2c3ccccc3c3cc(-c4cccc(-c5ccccc5Nc5cccc(-c6ccc7oc8c(ccc9c8c8ccccc8n9C)c7c6)c5)c4)ccc32)=CC1. The van der Waals surface area contributed by atoms with Crippen molar-refractivity contribution >= 4 is 82.6 Å². The number of fused-ring (bicyclic) bond motifs is 10. The summed E-state index contributed by atoms with van der Waals surface area (Å²) in [5.41, 5.74) is 17.0. The summed E-state index contributed by atoms with van der Waals surface area (Å²) in [6.07, 6.45) is 8.04. The van der Waals surface area contributed by atoms with E-state index >= 15 is 0 Å².